The molecule has 0 radical (unpaired) electrons. The molecule has 1 N–H and O–H groups in total. The average Bonchev–Trinajstić information content (AvgIpc) is 2.63. The molecule has 0 heterocycles. The van der Waals surface area contributed by atoms with Gasteiger partial charge in [-0.25, -0.2) is 4.79 Å². The first-order valence-corrected chi connectivity index (χ1v) is 8.88. The van der Waals surface area contributed by atoms with Gasteiger partial charge in [-0.05, 0) is 65.8 Å². The maximum atomic E-state index is 12.1. The topological polar surface area (TPSA) is 54.4 Å². The van der Waals surface area contributed by atoms with Crippen LogP contribution in [0.1, 0.15) is 76.6 Å². The molecule has 3 rings (SSSR count). The van der Waals surface area contributed by atoms with Gasteiger partial charge < -0.3 is 5.11 Å². The van der Waals surface area contributed by atoms with Gasteiger partial charge in [0.1, 0.15) is 0 Å². The zero-order valence-corrected chi connectivity index (χ0v) is 15.3. The standard InChI is InChI=1S/C23H22O3/c1-4-17-13-15(7-9-18(17)22(25)26)5-6-16-8-10-19-20(14-16)23(2,3)12-11-21(19)24/h7-10,13-14H,4,11-12H2,1-3H3,(H,25,26). The molecule has 0 saturated heterocycles. The minimum atomic E-state index is -0.914. The zero-order valence-electron chi connectivity index (χ0n) is 15.3. The first-order valence-electron chi connectivity index (χ1n) is 8.88. The van der Waals surface area contributed by atoms with E-state index in [1.54, 1.807) is 12.1 Å². The average molecular weight is 346 g/mol. The molecule has 0 fully saturated rings. The third-order valence-corrected chi connectivity index (χ3v) is 5.09. The SMILES string of the molecule is CCc1cc(C#Cc2ccc3c(c2)C(C)(C)CCC3=O)ccc1C(=O)O. The number of carbonyl (C=O) groups excluding carboxylic acids is 1. The van der Waals surface area contributed by atoms with Crippen molar-refractivity contribution >= 4 is 11.8 Å². The van der Waals surface area contributed by atoms with Crippen LogP contribution in [-0.4, -0.2) is 16.9 Å². The lowest BCUT2D eigenvalue weighted by Crippen LogP contribution is -2.27. The molecule has 1 aliphatic rings. The Morgan fingerprint density at radius 1 is 1.12 bits per heavy atom. The summed E-state index contributed by atoms with van der Waals surface area (Å²) in [5.74, 6) is 5.56. The lowest BCUT2D eigenvalue weighted by molar-refractivity contribution is 0.0695. The number of aryl methyl sites for hydroxylation is 1. The lowest BCUT2D eigenvalue weighted by atomic mass is 9.72. The summed E-state index contributed by atoms with van der Waals surface area (Å²) in [6, 6.07) is 11.0. The Morgan fingerprint density at radius 3 is 2.42 bits per heavy atom. The second-order valence-electron chi connectivity index (χ2n) is 7.35. The van der Waals surface area contributed by atoms with Crippen LogP contribution < -0.4 is 0 Å². The van der Waals surface area contributed by atoms with Crippen molar-refractivity contribution < 1.29 is 14.7 Å². The summed E-state index contributed by atoms with van der Waals surface area (Å²) in [5.41, 5.74) is 4.61. The number of Topliss-reactive ketones (excluding diaryl/α,β-unsaturated/α-hetero) is 1. The van der Waals surface area contributed by atoms with Gasteiger partial charge >= 0.3 is 5.97 Å². The molecule has 0 aliphatic heterocycles. The minimum absolute atomic E-state index is 0.0283. The van der Waals surface area contributed by atoms with Gasteiger partial charge in [0.05, 0.1) is 5.56 Å². The zero-order chi connectivity index (χ0) is 18.9. The van der Waals surface area contributed by atoms with Crippen LogP contribution in [0, 0.1) is 11.8 Å². The summed E-state index contributed by atoms with van der Waals surface area (Å²) in [7, 11) is 0. The predicted octanol–water partition coefficient (Wildman–Crippen LogP) is 4.60. The number of hydrogen-bond donors (Lipinski definition) is 1. The highest BCUT2D eigenvalue weighted by molar-refractivity contribution is 5.99. The van der Waals surface area contributed by atoms with Crippen molar-refractivity contribution in [3.05, 3.63) is 69.8 Å². The number of carboxylic acids is 1. The molecule has 3 heteroatoms. The quantitative estimate of drug-likeness (QED) is 0.809. The number of hydrogen-bond acceptors (Lipinski definition) is 2. The first kappa shape index (κ1) is 17.9. The van der Waals surface area contributed by atoms with E-state index in [4.69, 9.17) is 0 Å². The van der Waals surface area contributed by atoms with Crippen molar-refractivity contribution in [1.82, 2.24) is 0 Å². The fourth-order valence-electron chi connectivity index (χ4n) is 3.44. The lowest BCUT2D eigenvalue weighted by Gasteiger charge is -2.31. The van der Waals surface area contributed by atoms with Gasteiger partial charge in [-0.2, -0.15) is 0 Å². The number of ketones is 1. The fraction of sp³-hybridized carbons (Fsp3) is 0.304. The van der Waals surface area contributed by atoms with Crippen LogP contribution in [0.2, 0.25) is 0 Å². The molecule has 0 spiro atoms. The molecular weight excluding hydrogens is 324 g/mol. The van der Waals surface area contributed by atoms with Crippen LogP contribution in [0.4, 0.5) is 0 Å². The molecule has 0 aromatic heterocycles. The highest BCUT2D eigenvalue weighted by Crippen LogP contribution is 2.37. The van der Waals surface area contributed by atoms with E-state index in [0.717, 1.165) is 34.2 Å². The van der Waals surface area contributed by atoms with E-state index in [9.17, 15) is 14.7 Å². The van der Waals surface area contributed by atoms with E-state index in [1.807, 2.05) is 31.2 Å². The third-order valence-electron chi connectivity index (χ3n) is 5.09. The summed E-state index contributed by atoms with van der Waals surface area (Å²) in [4.78, 5) is 23.4. The summed E-state index contributed by atoms with van der Waals surface area (Å²) < 4.78 is 0. The summed E-state index contributed by atoms with van der Waals surface area (Å²) >= 11 is 0. The van der Waals surface area contributed by atoms with Gasteiger partial charge in [0, 0.05) is 23.1 Å². The Hall–Kier alpha value is -2.86. The van der Waals surface area contributed by atoms with Gasteiger partial charge in [0.25, 0.3) is 0 Å². The Labute approximate surface area is 154 Å². The second-order valence-corrected chi connectivity index (χ2v) is 7.35. The Bertz CT molecular complexity index is 955. The molecule has 0 bridgehead atoms. The Kier molecular flexibility index (Phi) is 4.70. The van der Waals surface area contributed by atoms with Crippen LogP contribution in [0.15, 0.2) is 36.4 Å². The molecule has 26 heavy (non-hydrogen) atoms. The number of carboxylic acid groups (broad SMARTS) is 1. The number of benzene rings is 2. The van der Waals surface area contributed by atoms with Crippen LogP contribution >= 0.6 is 0 Å². The predicted molar refractivity (Wildman–Crippen MR) is 102 cm³/mol. The van der Waals surface area contributed by atoms with Gasteiger partial charge in [-0.15, -0.1) is 0 Å². The van der Waals surface area contributed by atoms with Crippen molar-refractivity contribution in [3.63, 3.8) is 0 Å². The Balaban J connectivity index is 1.97. The van der Waals surface area contributed by atoms with Gasteiger partial charge in [-0.3, -0.25) is 4.79 Å². The summed E-state index contributed by atoms with van der Waals surface area (Å²) in [6.45, 7) is 6.25. The summed E-state index contributed by atoms with van der Waals surface area (Å²) in [5, 5.41) is 9.22. The Morgan fingerprint density at radius 2 is 1.77 bits per heavy atom. The second kappa shape index (κ2) is 6.80. The highest BCUT2D eigenvalue weighted by atomic mass is 16.4. The van der Waals surface area contributed by atoms with Crippen molar-refractivity contribution in [3.8, 4) is 11.8 Å². The third kappa shape index (κ3) is 3.41. The van der Waals surface area contributed by atoms with Crippen LogP contribution in [-0.2, 0) is 11.8 Å². The molecular formula is C23H22O3. The first-order chi connectivity index (χ1) is 12.3. The molecule has 3 nitrogen and oxygen atoms in total. The van der Waals surface area contributed by atoms with E-state index in [1.165, 1.54) is 0 Å². The number of aromatic carboxylic acids is 1. The van der Waals surface area contributed by atoms with E-state index in [0.29, 0.717) is 18.4 Å². The van der Waals surface area contributed by atoms with Gasteiger partial charge in [0.2, 0.25) is 0 Å². The molecule has 1 aliphatic carbocycles. The maximum absolute atomic E-state index is 12.1. The molecule has 0 unspecified atom stereocenters. The maximum Gasteiger partial charge on any atom is 0.335 e. The minimum Gasteiger partial charge on any atom is -0.478 e. The van der Waals surface area contributed by atoms with E-state index >= 15 is 0 Å². The molecule has 0 saturated carbocycles. The smallest absolute Gasteiger partial charge is 0.335 e. The van der Waals surface area contributed by atoms with E-state index < -0.39 is 5.97 Å². The molecule has 2 aromatic rings. The number of fused-ring (bicyclic) bond motifs is 1. The van der Waals surface area contributed by atoms with Gasteiger partial charge in [0.15, 0.2) is 5.78 Å². The van der Waals surface area contributed by atoms with Crippen molar-refractivity contribution in [2.75, 3.05) is 0 Å². The van der Waals surface area contributed by atoms with Crippen molar-refractivity contribution in [1.29, 1.82) is 0 Å². The van der Waals surface area contributed by atoms with Crippen molar-refractivity contribution in [2.24, 2.45) is 0 Å². The van der Waals surface area contributed by atoms with Crippen LogP contribution in [0.5, 0.6) is 0 Å². The summed E-state index contributed by atoms with van der Waals surface area (Å²) in [6.07, 6.45) is 2.10. The van der Waals surface area contributed by atoms with Crippen LogP contribution in [0.25, 0.3) is 0 Å². The normalized spacial score (nSPS) is 15.0. The van der Waals surface area contributed by atoms with E-state index in [2.05, 4.69) is 25.7 Å². The van der Waals surface area contributed by atoms with Crippen molar-refractivity contribution in [2.45, 2.75) is 45.4 Å². The fourth-order valence-corrected chi connectivity index (χ4v) is 3.44. The molecule has 0 atom stereocenters. The molecule has 2 aromatic carbocycles. The van der Waals surface area contributed by atoms with E-state index in [-0.39, 0.29) is 11.2 Å². The van der Waals surface area contributed by atoms with Crippen LogP contribution in [0.3, 0.4) is 0 Å². The molecule has 132 valence electrons. The highest BCUT2D eigenvalue weighted by Gasteiger charge is 2.31. The number of carbonyl (C=O) groups is 2. The number of rotatable bonds is 2. The van der Waals surface area contributed by atoms with Gasteiger partial charge in [-0.1, -0.05) is 32.6 Å². The molecule has 0 amide bonds. The monoisotopic (exact) mass is 346 g/mol. The largest absolute Gasteiger partial charge is 0.478 e.